The maximum atomic E-state index is 12.7. The maximum absolute atomic E-state index is 12.7. The van der Waals surface area contributed by atoms with Crippen LogP contribution in [0.5, 0.6) is 0 Å². The smallest absolute Gasteiger partial charge is 0.231 e. The van der Waals surface area contributed by atoms with Gasteiger partial charge < -0.3 is 0 Å². The fraction of sp³-hybridized carbons (Fsp3) is 0.385. The molecule has 0 aliphatic carbocycles. The Kier molecular flexibility index (Phi) is 3.10. The summed E-state index contributed by atoms with van der Waals surface area (Å²) in [5.41, 5.74) is 2.00. The van der Waals surface area contributed by atoms with E-state index in [1.807, 2.05) is 26.0 Å². The van der Waals surface area contributed by atoms with Crippen LogP contribution in [0, 0.1) is 6.92 Å². The molecule has 20 heavy (non-hydrogen) atoms. The summed E-state index contributed by atoms with van der Waals surface area (Å²) in [6.07, 6.45) is 1.96. The summed E-state index contributed by atoms with van der Waals surface area (Å²) >= 11 is 0. The lowest BCUT2D eigenvalue weighted by Gasteiger charge is -2.32. The van der Waals surface area contributed by atoms with Crippen molar-refractivity contribution in [3.05, 3.63) is 41.7 Å². The van der Waals surface area contributed by atoms with E-state index in [-0.39, 0.29) is 6.17 Å². The van der Waals surface area contributed by atoms with E-state index in [4.69, 9.17) is 0 Å². The number of rotatable bonds is 2. The van der Waals surface area contributed by atoms with Gasteiger partial charge in [-0.25, -0.2) is 13.1 Å². The zero-order chi connectivity index (χ0) is 14.3. The second-order valence-corrected chi connectivity index (χ2v) is 6.87. The van der Waals surface area contributed by atoms with Gasteiger partial charge in [-0.15, -0.1) is 5.10 Å². The highest BCUT2D eigenvalue weighted by molar-refractivity contribution is 7.89. The van der Waals surface area contributed by atoms with Crippen LogP contribution in [0.25, 0.3) is 0 Å². The quantitative estimate of drug-likeness (QED) is 0.838. The molecule has 0 radical (unpaired) electrons. The van der Waals surface area contributed by atoms with Gasteiger partial charge in [0.05, 0.1) is 16.8 Å². The lowest BCUT2D eigenvalue weighted by molar-refractivity contribution is 0.215. The third-order valence-corrected chi connectivity index (χ3v) is 5.61. The van der Waals surface area contributed by atoms with Crippen LogP contribution in [0.1, 0.15) is 24.3 Å². The summed E-state index contributed by atoms with van der Waals surface area (Å²) in [6, 6.07) is 6.91. The Hall–Kier alpha value is -1.73. The van der Waals surface area contributed by atoms with Gasteiger partial charge in [0.1, 0.15) is 6.17 Å². The molecule has 1 aromatic heterocycles. The molecule has 1 aromatic carbocycles. The molecule has 1 aliphatic rings. The molecule has 3 rings (SSSR count). The van der Waals surface area contributed by atoms with Gasteiger partial charge in [0.15, 0.2) is 0 Å². The maximum Gasteiger partial charge on any atom is 0.244 e. The van der Waals surface area contributed by atoms with Crippen molar-refractivity contribution >= 4 is 10.0 Å². The topological polar surface area (TPSA) is 68.1 Å². The molecule has 1 unspecified atom stereocenters. The lowest BCUT2D eigenvalue weighted by Crippen LogP contribution is -2.42. The van der Waals surface area contributed by atoms with Crippen molar-refractivity contribution in [3.63, 3.8) is 0 Å². The number of nitrogens with zero attached hydrogens (tertiary/aromatic N) is 4. The van der Waals surface area contributed by atoms with Gasteiger partial charge in [-0.3, -0.25) is 0 Å². The second kappa shape index (κ2) is 4.68. The summed E-state index contributed by atoms with van der Waals surface area (Å²) in [5, 5.41) is 7.82. The number of hydrogen-bond donors (Lipinski definition) is 0. The van der Waals surface area contributed by atoms with Crippen molar-refractivity contribution in [2.75, 3.05) is 6.54 Å². The van der Waals surface area contributed by atoms with Crippen LogP contribution in [-0.2, 0) is 16.4 Å². The van der Waals surface area contributed by atoms with Crippen LogP contribution in [0.15, 0.2) is 35.4 Å². The Balaban J connectivity index is 1.99. The molecule has 0 amide bonds. The Morgan fingerprint density at radius 2 is 1.95 bits per heavy atom. The molecule has 0 bridgehead atoms. The molecular weight excluding hydrogens is 276 g/mol. The Morgan fingerprint density at radius 1 is 1.25 bits per heavy atom. The van der Waals surface area contributed by atoms with Gasteiger partial charge in [-0.2, -0.15) is 4.31 Å². The summed E-state index contributed by atoms with van der Waals surface area (Å²) in [7, 11) is -3.50. The molecule has 0 spiro atoms. The molecule has 7 heteroatoms. The van der Waals surface area contributed by atoms with E-state index in [1.54, 1.807) is 23.0 Å². The van der Waals surface area contributed by atoms with Crippen molar-refractivity contribution in [2.45, 2.75) is 31.3 Å². The molecule has 2 aromatic rings. The summed E-state index contributed by atoms with van der Waals surface area (Å²) in [6.45, 7) is 4.20. The van der Waals surface area contributed by atoms with Gasteiger partial charge >= 0.3 is 0 Å². The molecule has 0 saturated heterocycles. The molecule has 2 heterocycles. The van der Waals surface area contributed by atoms with E-state index >= 15 is 0 Å². The molecule has 106 valence electrons. The molecule has 1 atom stereocenters. The van der Waals surface area contributed by atoms with Crippen molar-refractivity contribution in [3.8, 4) is 0 Å². The Labute approximate surface area is 118 Å². The number of fused-ring (bicyclic) bond motifs is 1. The second-order valence-electron chi connectivity index (χ2n) is 4.98. The van der Waals surface area contributed by atoms with Crippen LogP contribution < -0.4 is 0 Å². The fourth-order valence-corrected chi connectivity index (χ4v) is 4.03. The first-order valence-electron chi connectivity index (χ1n) is 6.48. The van der Waals surface area contributed by atoms with Crippen molar-refractivity contribution in [1.29, 1.82) is 0 Å². The minimum absolute atomic E-state index is 0.318. The van der Waals surface area contributed by atoms with Crippen LogP contribution in [0.3, 0.4) is 0 Å². The number of benzene rings is 1. The average molecular weight is 292 g/mol. The molecule has 0 saturated carbocycles. The van der Waals surface area contributed by atoms with E-state index in [0.29, 0.717) is 17.9 Å². The molecule has 0 fully saturated rings. The fourth-order valence-electron chi connectivity index (χ4n) is 2.46. The molecular formula is C13H16N4O2S. The highest BCUT2D eigenvalue weighted by atomic mass is 32.2. The van der Waals surface area contributed by atoms with Crippen molar-refractivity contribution in [2.24, 2.45) is 0 Å². The monoisotopic (exact) mass is 292 g/mol. The van der Waals surface area contributed by atoms with Gasteiger partial charge in [0, 0.05) is 13.0 Å². The van der Waals surface area contributed by atoms with Crippen LogP contribution in [-0.4, -0.2) is 34.3 Å². The molecule has 0 N–H and O–H groups in total. The lowest BCUT2D eigenvalue weighted by atomic mass is 10.2. The van der Waals surface area contributed by atoms with Gasteiger partial charge in [-0.1, -0.05) is 22.9 Å². The summed E-state index contributed by atoms with van der Waals surface area (Å²) in [5.74, 6) is 0. The van der Waals surface area contributed by atoms with E-state index < -0.39 is 10.0 Å². The zero-order valence-electron chi connectivity index (χ0n) is 11.4. The highest BCUT2D eigenvalue weighted by Crippen LogP contribution is 2.27. The summed E-state index contributed by atoms with van der Waals surface area (Å²) < 4.78 is 28.5. The Morgan fingerprint density at radius 3 is 2.65 bits per heavy atom. The van der Waals surface area contributed by atoms with Gasteiger partial charge in [0.25, 0.3) is 0 Å². The predicted molar refractivity (Wildman–Crippen MR) is 73.5 cm³/mol. The van der Waals surface area contributed by atoms with Crippen LogP contribution >= 0.6 is 0 Å². The van der Waals surface area contributed by atoms with Crippen LogP contribution in [0.4, 0.5) is 0 Å². The minimum Gasteiger partial charge on any atom is -0.231 e. The van der Waals surface area contributed by atoms with E-state index in [2.05, 4.69) is 10.3 Å². The first-order valence-corrected chi connectivity index (χ1v) is 7.92. The van der Waals surface area contributed by atoms with Crippen molar-refractivity contribution < 1.29 is 8.42 Å². The highest BCUT2D eigenvalue weighted by Gasteiger charge is 2.34. The normalized spacial score (nSPS) is 19.8. The van der Waals surface area contributed by atoms with E-state index in [9.17, 15) is 8.42 Å². The SMILES string of the molecule is Cc1ccc(S(=O)(=O)N2CCc3cnnn3C2C)cc1. The largest absolute Gasteiger partial charge is 0.244 e. The molecule has 6 nitrogen and oxygen atoms in total. The summed E-state index contributed by atoms with van der Waals surface area (Å²) in [4.78, 5) is 0.318. The predicted octanol–water partition coefficient (Wildman–Crippen LogP) is 1.35. The van der Waals surface area contributed by atoms with Crippen molar-refractivity contribution in [1.82, 2.24) is 19.3 Å². The van der Waals surface area contributed by atoms with E-state index in [1.165, 1.54) is 4.31 Å². The zero-order valence-corrected chi connectivity index (χ0v) is 12.2. The first kappa shape index (κ1) is 13.3. The minimum atomic E-state index is -3.50. The standard InChI is InChI=1S/C13H16N4O2S/c1-10-3-5-13(6-4-10)20(18,19)16-8-7-12-9-14-15-17(12)11(16)2/h3-6,9,11H,7-8H2,1-2H3. The number of sulfonamides is 1. The number of hydrogen-bond acceptors (Lipinski definition) is 4. The molecule has 1 aliphatic heterocycles. The third kappa shape index (κ3) is 2.03. The Bertz CT molecular complexity index is 721. The van der Waals surface area contributed by atoms with E-state index in [0.717, 1.165) is 11.3 Å². The average Bonchev–Trinajstić information content (AvgIpc) is 2.88. The number of aryl methyl sites for hydroxylation is 1. The van der Waals surface area contributed by atoms with Crippen LogP contribution in [0.2, 0.25) is 0 Å². The number of aromatic nitrogens is 3. The first-order chi connectivity index (χ1) is 9.50. The van der Waals surface area contributed by atoms with Gasteiger partial charge in [-0.05, 0) is 26.0 Å². The third-order valence-electron chi connectivity index (χ3n) is 3.64. The van der Waals surface area contributed by atoms with Gasteiger partial charge in [0.2, 0.25) is 10.0 Å².